The maximum atomic E-state index is 5.12. The van der Waals surface area contributed by atoms with E-state index >= 15 is 0 Å². The van der Waals surface area contributed by atoms with Crippen molar-refractivity contribution in [2.75, 3.05) is 13.2 Å². The third-order valence-corrected chi connectivity index (χ3v) is 1.98. The van der Waals surface area contributed by atoms with Gasteiger partial charge < -0.3 is 9.47 Å². The van der Waals surface area contributed by atoms with Crippen molar-refractivity contribution in [1.29, 1.82) is 0 Å². The van der Waals surface area contributed by atoms with E-state index in [1.165, 1.54) is 25.7 Å². The molecule has 1 saturated heterocycles. The maximum absolute atomic E-state index is 5.12. The average molecular weight is 248 g/mol. The van der Waals surface area contributed by atoms with Gasteiger partial charge in [-0.1, -0.05) is 67.2 Å². The SMILES string of the molecule is CC.CC1(C)OCCO1.CCCC.CCCC. The summed E-state index contributed by atoms with van der Waals surface area (Å²) >= 11 is 0. The monoisotopic (exact) mass is 248 g/mol. The molecule has 0 aromatic rings. The van der Waals surface area contributed by atoms with Crippen LogP contribution >= 0.6 is 0 Å². The predicted molar refractivity (Wildman–Crippen MR) is 78.5 cm³/mol. The van der Waals surface area contributed by atoms with E-state index < -0.39 is 0 Å². The van der Waals surface area contributed by atoms with E-state index in [9.17, 15) is 0 Å². The van der Waals surface area contributed by atoms with Crippen molar-refractivity contribution in [2.45, 2.75) is 86.9 Å². The summed E-state index contributed by atoms with van der Waals surface area (Å²) in [6.45, 7) is 18.0. The fraction of sp³-hybridized carbons (Fsp3) is 1.00. The third-order valence-electron chi connectivity index (χ3n) is 1.98. The summed E-state index contributed by atoms with van der Waals surface area (Å²) in [4.78, 5) is 0. The van der Waals surface area contributed by atoms with E-state index in [1.54, 1.807) is 0 Å². The molecule has 0 amide bonds. The van der Waals surface area contributed by atoms with Crippen molar-refractivity contribution in [3.63, 3.8) is 0 Å². The molecule has 0 spiro atoms. The van der Waals surface area contributed by atoms with Crippen LogP contribution in [0.4, 0.5) is 0 Å². The van der Waals surface area contributed by atoms with Gasteiger partial charge in [0, 0.05) is 0 Å². The molecule has 0 N–H and O–H groups in total. The molecule has 0 bridgehead atoms. The van der Waals surface area contributed by atoms with Gasteiger partial charge in [-0.15, -0.1) is 0 Å². The van der Waals surface area contributed by atoms with Gasteiger partial charge in [-0.3, -0.25) is 0 Å². The molecule has 0 aliphatic carbocycles. The van der Waals surface area contributed by atoms with Crippen LogP contribution in [0.3, 0.4) is 0 Å². The van der Waals surface area contributed by atoms with Crippen LogP contribution in [0.5, 0.6) is 0 Å². The van der Waals surface area contributed by atoms with Gasteiger partial charge in [0.15, 0.2) is 5.79 Å². The van der Waals surface area contributed by atoms with Gasteiger partial charge in [-0.05, 0) is 13.8 Å². The Morgan fingerprint density at radius 2 is 0.941 bits per heavy atom. The van der Waals surface area contributed by atoms with Crippen molar-refractivity contribution >= 4 is 0 Å². The molecular formula is C15H36O2. The molecule has 0 aromatic carbocycles. The summed E-state index contributed by atoms with van der Waals surface area (Å²) in [6.07, 6.45) is 5.28. The van der Waals surface area contributed by atoms with Crippen molar-refractivity contribution in [3.05, 3.63) is 0 Å². The lowest BCUT2D eigenvalue weighted by molar-refractivity contribution is -0.125. The molecule has 0 aromatic heterocycles. The van der Waals surface area contributed by atoms with Gasteiger partial charge in [0.1, 0.15) is 0 Å². The van der Waals surface area contributed by atoms with Crippen LogP contribution in [0.25, 0.3) is 0 Å². The second kappa shape index (κ2) is 18.3. The molecule has 1 aliphatic rings. The molecule has 1 rings (SSSR count). The highest BCUT2D eigenvalue weighted by Gasteiger charge is 2.23. The van der Waals surface area contributed by atoms with Crippen molar-refractivity contribution in [2.24, 2.45) is 0 Å². The Balaban J connectivity index is -0.000000172. The van der Waals surface area contributed by atoms with E-state index in [1.807, 2.05) is 27.7 Å². The van der Waals surface area contributed by atoms with Crippen LogP contribution in [-0.4, -0.2) is 19.0 Å². The van der Waals surface area contributed by atoms with Crippen molar-refractivity contribution < 1.29 is 9.47 Å². The van der Waals surface area contributed by atoms with Gasteiger partial charge in [-0.2, -0.15) is 0 Å². The van der Waals surface area contributed by atoms with Gasteiger partial charge in [0.2, 0.25) is 0 Å². The quantitative estimate of drug-likeness (QED) is 0.650. The molecule has 0 atom stereocenters. The van der Waals surface area contributed by atoms with Crippen LogP contribution in [0.15, 0.2) is 0 Å². The minimum Gasteiger partial charge on any atom is -0.348 e. The lowest BCUT2D eigenvalue weighted by atomic mass is 10.4. The predicted octanol–water partition coefficient (Wildman–Crippen LogP) is 5.41. The van der Waals surface area contributed by atoms with Crippen LogP contribution in [0.2, 0.25) is 0 Å². The summed E-state index contributed by atoms with van der Waals surface area (Å²) < 4.78 is 10.2. The fourth-order valence-corrected chi connectivity index (χ4v) is 0.617. The highest BCUT2D eigenvalue weighted by molar-refractivity contribution is 4.58. The maximum Gasteiger partial charge on any atom is 0.162 e. The fourth-order valence-electron chi connectivity index (χ4n) is 0.617. The molecule has 108 valence electrons. The summed E-state index contributed by atoms with van der Waals surface area (Å²) in [5.74, 6) is -0.306. The van der Waals surface area contributed by atoms with E-state index in [-0.39, 0.29) is 5.79 Å². The highest BCUT2D eigenvalue weighted by atomic mass is 16.7. The van der Waals surface area contributed by atoms with Gasteiger partial charge in [0.25, 0.3) is 0 Å². The molecule has 0 radical (unpaired) electrons. The lowest BCUT2D eigenvalue weighted by Crippen LogP contribution is -2.18. The lowest BCUT2D eigenvalue weighted by Gasteiger charge is -2.13. The Labute approximate surface area is 110 Å². The number of hydrogen-bond acceptors (Lipinski definition) is 2. The molecule has 1 aliphatic heterocycles. The standard InChI is InChI=1S/C5H10O2.2C4H10.C2H6/c1-5(2)6-3-4-7-5;2*1-3-4-2;1-2/h3-4H2,1-2H3;2*3-4H2,1-2H3;1-2H3. The van der Waals surface area contributed by atoms with Crippen LogP contribution in [0.1, 0.15) is 81.1 Å². The van der Waals surface area contributed by atoms with Crippen molar-refractivity contribution in [1.82, 2.24) is 0 Å². The molecule has 2 nitrogen and oxygen atoms in total. The minimum absolute atomic E-state index is 0.306. The Morgan fingerprint density at radius 1 is 0.706 bits per heavy atom. The molecule has 2 heteroatoms. The Bertz CT molecular complexity index is 95.5. The minimum atomic E-state index is -0.306. The van der Waals surface area contributed by atoms with Crippen molar-refractivity contribution in [3.8, 4) is 0 Å². The largest absolute Gasteiger partial charge is 0.348 e. The molecule has 1 fully saturated rings. The first-order valence-corrected chi connectivity index (χ1v) is 7.31. The molecule has 1 heterocycles. The topological polar surface area (TPSA) is 18.5 Å². The Morgan fingerprint density at radius 3 is 1.00 bits per heavy atom. The number of hydrogen-bond donors (Lipinski definition) is 0. The normalized spacial score (nSPS) is 15.5. The zero-order valence-electron chi connectivity index (χ0n) is 13.6. The van der Waals surface area contributed by atoms with Crippen LogP contribution < -0.4 is 0 Å². The summed E-state index contributed by atoms with van der Waals surface area (Å²) in [5.41, 5.74) is 0. The van der Waals surface area contributed by atoms with Crippen LogP contribution in [-0.2, 0) is 9.47 Å². The second-order valence-corrected chi connectivity index (χ2v) is 4.10. The smallest absolute Gasteiger partial charge is 0.162 e. The Kier molecular flexibility index (Phi) is 23.8. The summed E-state index contributed by atoms with van der Waals surface area (Å²) in [5, 5.41) is 0. The first-order chi connectivity index (χ1) is 8.04. The molecular weight excluding hydrogens is 212 g/mol. The first kappa shape index (κ1) is 22.1. The van der Waals surface area contributed by atoms with E-state index in [4.69, 9.17) is 9.47 Å². The molecule has 0 unspecified atom stereocenters. The summed E-state index contributed by atoms with van der Waals surface area (Å²) in [6, 6.07) is 0. The van der Waals surface area contributed by atoms with E-state index in [2.05, 4.69) is 27.7 Å². The number of unbranched alkanes of at least 4 members (excludes halogenated alkanes) is 2. The number of ether oxygens (including phenoxy) is 2. The van der Waals surface area contributed by atoms with Gasteiger partial charge in [0.05, 0.1) is 13.2 Å². The van der Waals surface area contributed by atoms with E-state index in [0.29, 0.717) is 0 Å². The summed E-state index contributed by atoms with van der Waals surface area (Å²) in [7, 11) is 0. The second-order valence-electron chi connectivity index (χ2n) is 4.10. The third kappa shape index (κ3) is 25.9. The highest BCUT2D eigenvalue weighted by Crippen LogP contribution is 2.15. The van der Waals surface area contributed by atoms with E-state index in [0.717, 1.165) is 13.2 Å². The molecule has 0 saturated carbocycles. The van der Waals surface area contributed by atoms with Gasteiger partial charge >= 0.3 is 0 Å². The van der Waals surface area contributed by atoms with Crippen LogP contribution in [0, 0.1) is 0 Å². The number of rotatable bonds is 2. The molecule has 17 heavy (non-hydrogen) atoms. The Hall–Kier alpha value is -0.0800. The van der Waals surface area contributed by atoms with Gasteiger partial charge in [-0.25, -0.2) is 0 Å². The average Bonchev–Trinajstić information content (AvgIpc) is 2.77. The first-order valence-electron chi connectivity index (χ1n) is 7.31. The zero-order valence-corrected chi connectivity index (χ0v) is 13.6. The zero-order chi connectivity index (χ0) is 14.2.